The Bertz CT molecular complexity index is 282. The Morgan fingerprint density at radius 1 is 1.33 bits per heavy atom. The second-order valence-electron chi connectivity index (χ2n) is 2.74. The molecule has 0 saturated heterocycles. The first-order valence-corrected chi connectivity index (χ1v) is 6.43. The van der Waals surface area contributed by atoms with Crippen molar-refractivity contribution in [2.45, 2.75) is 19.6 Å². The summed E-state index contributed by atoms with van der Waals surface area (Å²) in [5.41, 5.74) is 6.35. The van der Waals surface area contributed by atoms with Crippen LogP contribution in [0.3, 0.4) is 0 Å². The quantitative estimate of drug-likeness (QED) is 0.682. The van der Waals surface area contributed by atoms with Crippen LogP contribution in [0.1, 0.15) is 18.5 Å². The summed E-state index contributed by atoms with van der Waals surface area (Å²) in [6, 6.07) is 6.20. The molecule has 0 aliphatic carbocycles. The van der Waals surface area contributed by atoms with E-state index in [0.717, 1.165) is 5.56 Å². The smallest absolute Gasteiger partial charge is 0.387 e. The second kappa shape index (κ2) is 7.81. The van der Waals surface area contributed by atoms with E-state index in [2.05, 4.69) is 27.3 Å². The van der Waals surface area contributed by atoms with E-state index in [0.29, 0.717) is 0 Å². The lowest BCUT2D eigenvalue weighted by molar-refractivity contribution is -0.0498. The predicted octanol–water partition coefficient (Wildman–Crippen LogP) is 3.36. The highest BCUT2D eigenvalue weighted by molar-refractivity contribution is 14.1. The lowest BCUT2D eigenvalue weighted by Gasteiger charge is -2.08. The summed E-state index contributed by atoms with van der Waals surface area (Å²) in [6.45, 7) is -1.01. The van der Waals surface area contributed by atoms with Gasteiger partial charge in [-0.05, 0) is 29.6 Å². The van der Waals surface area contributed by atoms with Gasteiger partial charge in [0.2, 0.25) is 0 Å². The van der Waals surface area contributed by atoms with Crippen LogP contribution < -0.4 is 10.5 Å². The Kier molecular flexibility index (Phi) is 7.59. The molecule has 1 rings (SSSR count). The first kappa shape index (κ1) is 14.6. The Morgan fingerprint density at radius 3 is 2.40 bits per heavy atom. The number of benzene rings is 1. The molecule has 0 spiro atoms. The highest BCUT2D eigenvalue weighted by atomic mass is 127. The average Bonchev–Trinajstić information content (AvgIpc) is 2.20. The summed E-state index contributed by atoms with van der Waals surface area (Å²) in [7, 11) is 0. The van der Waals surface area contributed by atoms with Gasteiger partial charge in [0.25, 0.3) is 0 Å². The molecule has 0 amide bonds. The van der Waals surface area contributed by atoms with E-state index in [1.54, 1.807) is 19.1 Å². The van der Waals surface area contributed by atoms with E-state index in [4.69, 9.17) is 5.73 Å². The van der Waals surface area contributed by atoms with Gasteiger partial charge in [-0.3, -0.25) is 0 Å². The van der Waals surface area contributed by atoms with E-state index in [-0.39, 0.29) is 11.8 Å². The number of nitrogens with two attached hydrogens (primary N) is 1. The van der Waals surface area contributed by atoms with Crippen molar-refractivity contribution in [2.75, 3.05) is 4.93 Å². The third kappa shape index (κ3) is 5.88. The molecular formula is C10H14F2INO. The first-order valence-electron chi connectivity index (χ1n) is 4.27. The number of ether oxygens (including phenoxy) is 1. The van der Waals surface area contributed by atoms with E-state index >= 15 is 0 Å². The summed E-state index contributed by atoms with van der Waals surface area (Å²) >= 11 is 2.15. The van der Waals surface area contributed by atoms with E-state index in [1.165, 1.54) is 12.1 Å². The largest absolute Gasteiger partial charge is 0.435 e. The molecule has 0 heterocycles. The summed E-state index contributed by atoms with van der Waals surface area (Å²) in [4.78, 5) is 1.97. The molecule has 2 N–H and O–H groups in total. The van der Waals surface area contributed by atoms with Gasteiger partial charge in [-0.1, -0.05) is 34.7 Å². The highest BCUT2D eigenvalue weighted by Gasteiger charge is 2.05. The van der Waals surface area contributed by atoms with Crippen molar-refractivity contribution in [3.63, 3.8) is 0 Å². The highest BCUT2D eigenvalue weighted by Crippen LogP contribution is 2.18. The predicted molar refractivity (Wildman–Crippen MR) is 65.6 cm³/mol. The normalized spacial score (nSPS) is 11.7. The molecule has 0 unspecified atom stereocenters. The minimum absolute atomic E-state index is 0.143. The van der Waals surface area contributed by atoms with Crippen LogP contribution >= 0.6 is 22.6 Å². The first-order chi connectivity index (χ1) is 7.09. The van der Waals surface area contributed by atoms with E-state index in [1.807, 2.05) is 4.93 Å². The van der Waals surface area contributed by atoms with Gasteiger partial charge in [-0.25, -0.2) is 0 Å². The van der Waals surface area contributed by atoms with Crippen LogP contribution in [0.25, 0.3) is 0 Å². The Labute approximate surface area is 102 Å². The number of hydrogen-bond donors (Lipinski definition) is 1. The maximum absolute atomic E-state index is 11.8. The van der Waals surface area contributed by atoms with Gasteiger partial charge < -0.3 is 10.5 Å². The zero-order valence-corrected chi connectivity index (χ0v) is 10.7. The van der Waals surface area contributed by atoms with Gasteiger partial charge in [0, 0.05) is 6.04 Å². The van der Waals surface area contributed by atoms with Gasteiger partial charge in [0.05, 0.1) is 0 Å². The lowest BCUT2D eigenvalue weighted by atomic mass is 10.1. The SMILES string of the molecule is CI.C[C@H](N)c1cccc(OC(F)F)c1. The molecule has 15 heavy (non-hydrogen) atoms. The Morgan fingerprint density at radius 2 is 1.93 bits per heavy atom. The second-order valence-corrected chi connectivity index (χ2v) is 2.74. The third-order valence-corrected chi connectivity index (χ3v) is 1.61. The van der Waals surface area contributed by atoms with Crippen molar-refractivity contribution in [3.8, 4) is 5.75 Å². The summed E-state index contributed by atoms with van der Waals surface area (Å²) in [5, 5.41) is 0. The van der Waals surface area contributed by atoms with Crippen molar-refractivity contribution >= 4 is 22.6 Å². The molecular weight excluding hydrogens is 315 g/mol. The third-order valence-electron chi connectivity index (χ3n) is 1.61. The molecule has 0 aromatic heterocycles. The molecule has 1 aromatic carbocycles. The van der Waals surface area contributed by atoms with E-state index < -0.39 is 6.61 Å². The van der Waals surface area contributed by atoms with Gasteiger partial charge in [0.15, 0.2) is 0 Å². The van der Waals surface area contributed by atoms with Gasteiger partial charge in [0.1, 0.15) is 5.75 Å². The van der Waals surface area contributed by atoms with Crippen LogP contribution in [-0.2, 0) is 0 Å². The van der Waals surface area contributed by atoms with Crippen molar-refractivity contribution in [1.29, 1.82) is 0 Å². The van der Waals surface area contributed by atoms with Crippen LogP contribution in [0.15, 0.2) is 24.3 Å². The molecule has 2 nitrogen and oxygen atoms in total. The molecule has 86 valence electrons. The van der Waals surface area contributed by atoms with Gasteiger partial charge in [-0.2, -0.15) is 8.78 Å². The lowest BCUT2D eigenvalue weighted by Crippen LogP contribution is -2.06. The van der Waals surface area contributed by atoms with Crippen LogP contribution in [0.5, 0.6) is 5.75 Å². The molecule has 0 bridgehead atoms. The number of hydrogen-bond acceptors (Lipinski definition) is 2. The van der Waals surface area contributed by atoms with Gasteiger partial charge >= 0.3 is 6.61 Å². The zero-order valence-electron chi connectivity index (χ0n) is 8.58. The molecule has 0 aliphatic heterocycles. The molecule has 0 fully saturated rings. The summed E-state index contributed by atoms with van der Waals surface area (Å²) < 4.78 is 27.8. The number of halogens is 3. The van der Waals surface area contributed by atoms with E-state index in [9.17, 15) is 8.78 Å². The maximum atomic E-state index is 11.8. The molecule has 0 radical (unpaired) electrons. The molecule has 1 atom stereocenters. The standard InChI is InChI=1S/C9H11F2NO.CH3I/c1-6(12)7-3-2-4-8(5-7)13-9(10)11;1-2/h2-6,9H,12H2,1H3;1H3/t6-;/m0./s1. The van der Waals surface area contributed by atoms with Crippen LogP contribution in [0.2, 0.25) is 0 Å². The minimum atomic E-state index is -2.79. The van der Waals surface area contributed by atoms with Crippen LogP contribution in [-0.4, -0.2) is 11.5 Å². The fourth-order valence-corrected chi connectivity index (χ4v) is 0.974. The Balaban J connectivity index is 0.000000921. The van der Waals surface area contributed by atoms with Crippen molar-refractivity contribution in [2.24, 2.45) is 5.73 Å². The zero-order chi connectivity index (χ0) is 11.8. The number of rotatable bonds is 3. The fourth-order valence-electron chi connectivity index (χ4n) is 0.974. The fraction of sp³-hybridized carbons (Fsp3) is 0.400. The monoisotopic (exact) mass is 329 g/mol. The maximum Gasteiger partial charge on any atom is 0.387 e. The van der Waals surface area contributed by atoms with Crippen molar-refractivity contribution < 1.29 is 13.5 Å². The Hall–Kier alpha value is -0.430. The van der Waals surface area contributed by atoms with Crippen molar-refractivity contribution in [3.05, 3.63) is 29.8 Å². The summed E-state index contributed by atoms with van der Waals surface area (Å²) in [5.74, 6) is 0.143. The molecule has 5 heteroatoms. The molecule has 0 saturated carbocycles. The average molecular weight is 329 g/mol. The van der Waals surface area contributed by atoms with Crippen LogP contribution in [0.4, 0.5) is 8.78 Å². The van der Waals surface area contributed by atoms with Crippen LogP contribution in [0, 0.1) is 0 Å². The van der Waals surface area contributed by atoms with Gasteiger partial charge in [-0.15, -0.1) is 0 Å². The van der Waals surface area contributed by atoms with Crippen molar-refractivity contribution in [1.82, 2.24) is 0 Å². The molecule has 1 aromatic rings. The summed E-state index contributed by atoms with van der Waals surface area (Å²) in [6.07, 6.45) is 0. The number of alkyl halides is 3. The molecule has 0 aliphatic rings. The topological polar surface area (TPSA) is 35.2 Å². The minimum Gasteiger partial charge on any atom is -0.435 e.